The van der Waals surface area contributed by atoms with E-state index in [2.05, 4.69) is 4.98 Å². The minimum absolute atomic E-state index is 0.197. The molecule has 5 nitrogen and oxygen atoms in total. The second-order valence-corrected chi connectivity index (χ2v) is 5.75. The molecule has 2 heterocycles. The van der Waals surface area contributed by atoms with Crippen LogP contribution in [0, 0.1) is 12.7 Å². The normalized spacial score (nSPS) is 13.5. The highest BCUT2D eigenvalue weighted by Crippen LogP contribution is 2.35. The molecule has 124 valence electrons. The number of aryl methyl sites for hydroxylation is 1. The molecule has 25 heavy (non-hydrogen) atoms. The highest BCUT2D eigenvalue weighted by atomic mass is 19.1. The third kappa shape index (κ3) is 2.18. The van der Waals surface area contributed by atoms with Gasteiger partial charge in [0.15, 0.2) is 0 Å². The van der Waals surface area contributed by atoms with Crippen molar-refractivity contribution in [2.75, 3.05) is 12.0 Å². The Bertz CT molecular complexity index is 1040. The van der Waals surface area contributed by atoms with Crippen LogP contribution in [0.1, 0.15) is 26.4 Å². The van der Waals surface area contributed by atoms with E-state index in [1.54, 1.807) is 31.2 Å². The second kappa shape index (κ2) is 5.37. The first kappa shape index (κ1) is 15.3. The Kier molecular flexibility index (Phi) is 3.28. The molecule has 2 amide bonds. The number of rotatable bonds is 2. The number of ether oxygens (including phenoxy) is 1. The molecule has 6 heteroatoms. The van der Waals surface area contributed by atoms with E-state index in [4.69, 9.17) is 4.74 Å². The molecule has 3 aromatic rings. The predicted octanol–water partition coefficient (Wildman–Crippen LogP) is 3.49. The van der Waals surface area contributed by atoms with Crippen LogP contribution >= 0.6 is 0 Å². The van der Waals surface area contributed by atoms with Crippen molar-refractivity contribution in [1.29, 1.82) is 0 Å². The summed E-state index contributed by atoms with van der Waals surface area (Å²) in [5, 5.41) is 0.343. The molecule has 0 saturated carbocycles. The fraction of sp³-hybridized carbons (Fsp3) is 0.105. The quantitative estimate of drug-likeness (QED) is 0.672. The maximum Gasteiger partial charge on any atom is 0.268 e. The highest BCUT2D eigenvalue weighted by molar-refractivity contribution is 6.37. The number of hydrogen-bond acceptors (Lipinski definition) is 4. The number of aromatic nitrogens is 1. The average molecular weight is 336 g/mol. The number of pyridine rings is 1. The lowest BCUT2D eigenvalue weighted by molar-refractivity contribution is 0.0926. The van der Waals surface area contributed by atoms with Crippen LogP contribution in [0.2, 0.25) is 0 Å². The van der Waals surface area contributed by atoms with E-state index in [1.165, 1.54) is 25.3 Å². The van der Waals surface area contributed by atoms with Gasteiger partial charge in [-0.15, -0.1) is 0 Å². The molecule has 1 aromatic heterocycles. The van der Waals surface area contributed by atoms with E-state index in [-0.39, 0.29) is 11.1 Å². The molecule has 2 aromatic carbocycles. The number of methoxy groups -OCH3 is 1. The molecule has 0 fully saturated rings. The minimum atomic E-state index is -0.483. The fourth-order valence-corrected chi connectivity index (χ4v) is 3.12. The molecule has 0 saturated heterocycles. The van der Waals surface area contributed by atoms with Gasteiger partial charge in [0.2, 0.25) is 0 Å². The van der Waals surface area contributed by atoms with Crippen molar-refractivity contribution in [3.63, 3.8) is 0 Å². The number of fused-ring (bicyclic) bond motifs is 3. The molecule has 0 aliphatic carbocycles. The average Bonchev–Trinajstić information content (AvgIpc) is 2.88. The lowest BCUT2D eigenvalue weighted by Crippen LogP contribution is -2.29. The molecular weight excluding hydrogens is 323 g/mol. The van der Waals surface area contributed by atoms with E-state index >= 15 is 0 Å². The Hall–Kier alpha value is -3.28. The Balaban J connectivity index is 1.93. The molecule has 0 radical (unpaired) electrons. The lowest BCUT2D eigenvalue weighted by Gasteiger charge is -2.14. The van der Waals surface area contributed by atoms with Gasteiger partial charge in [0.25, 0.3) is 11.8 Å². The van der Waals surface area contributed by atoms with Crippen molar-refractivity contribution in [2.45, 2.75) is 6.92 Å². The van der Waals surface area contributed by atoms with Crippen LogP contribution in [-0.2, 0) is 0 Å². The van der Waals surface area contributed by atoms with Crippen LogP contribution < -0.4 is 9.64 Å². The third-order valence-corrected chi connectivity index (χ3v) is 4.29. The van der Waals surface area contributed by atoms with Crippen molar-refractivity contribution in [3.8, 4) is 5.75 Å². The highest BCUT2D eigenvalue weighted by Gasteiger charge is 2.40. The van der Waals surface area contributed by atoms with E-state index < -0.39 is 17.6 Å². The van der Waals surface area contributed by atoms with Crippen LogP contribution in [-0.4, -0.2) is 23.9 Å². The van der Waals surface area contributed by atoms with Gasteiger partial charge in [0, 0.05) is 5.39 Å². The summed E-state index contributed by atoms with van der Waals surface area (Å²) in [6.07, 6.45) is 0. The molecule has 0 atom stereocenters. The summed E-state index contributed by atoms with van der Waals surface area (Å²) in [7, 11) is 1.53. The van der Waals surface area contributed by atoms with Gasteiger partial charge in [-0.25, -0.2) is 9.29 Å². The number of nitrogens with zero attached hydrogens (tertiary/aromatic N) is 2. The molecule has 4 rings (SSSR count). The molecule has 0 spiro atoms. The first-order valence-electron chi connectivity index (χ1n) is 7.64. The zero-order valence-electron chi connectivity index (χ0n) is 13.5. The van der Waals surface area contributed by atoms with Gasteiger partial charge in [-0.3, -0.25) is 14.6 Å². The van der Waals surface area contributed by atoms with Crippen molar-refractivity contribution in [3.05, 3.63) is 65.1 Å². The summed E-state index contributed by atoms with van der Waals surface area (Å²) in [4.78, 5) is 31.2. The Labute approximate surface area is 142 Å². The Morgan fingerprint density at radius 1 is 1.00 bits per heavy atom. The van der Waals surface area contributed by atoms with E-state index in [9.17, 15) is 14.0 Å². The second-order valence-electron chi connectivity index (χ2n) is 5.75. The Morgan fingerprint density at radius 3 is 2.36 bits per heavy atom. The molecule has 1 aliphatic rings. The maximum absolute atomic E-state index is 13.7. The zero-order chi connectivity index (χ0) is 17.7. The molecule has 1 aliphatic heterocycles. The SMILES string of the molecule is COc1ccc(N2C(=O)c3c(C)nc4ccc(F)cc4c3C2=O)cc1. The predicted molar refractivity (Wildman–Crippen MR) is 90.6 cm³/mol. The number of imide groups is 1. The van der Waals surface area contributed by atoms with Gasteiger partial charge in [-0.2, -0.15) is 0 Å². The van der Waals surface area contributed by atoms with Gasteiger partial charge < -0.3 is 4.74 Å². The summed E-state index contributed by atoms with van der Waals surface area (Å²) in [6.45, 7) is 1.67. The van der Waals surface area contributed by atoms with Crippen molar-refractivity contribution in [2.24, 2.45) is 0 Å². The number of anilines is 1. The standard InChI is InChI=1S/C19H13FN2O3/c1-10-16-17(14-9-11(20)3-8-15(14)21-10)19(24)22(18(16)23)12-4-6-13(25-2)7-5-12/h3-9H,1-2H3. The van der Waals surface area contributed by atoms with E-state index in [0.717, 1.165) is 4.90 Å². The lowest BCUT2D eigenvalue weighted by atomic mass is 10.0. The number of carbonyl (C=O) groups is 2. The first-order valence-corrected chi connectivity index (χ1v) is 7.64. The van der Waals surface area contributed by atoms with Crippen molar-refractivity contribution < 1.29 is 18.7 Å². The summed E-state index contributed by atoms with van der Waals surface area (Å²) in [6, 6.07) is 10.6. The van der Waals surface area contributed by atoms with Gasteiger partial charge in [-0.05, 0) is 49.4 Å². The number of hydrogen-bond donors (Lipinski definition) is 0. The summed E-state index contributed by atoms with van der Waals surface area (Å²) < 4.78 is 18.8. The molecule has 0 unspecified atom stereocenters. The maximum atomic E-state index is 13.7. The number of halogens is 1. The monoisotopic (exact) mass is 336 g/mol. The summed E-state index contributed by atoms with van der Waals surface area (Å²) in [5.41, 5.74) is 1.77. The molecule has 0 bridgehead atoms. The summed E-state index contributed by atoms with van der Waals surface area (Å²) in [5.74, 6) is -0.804. The fourth-order valence-electron chi connectivity index (χ4n) is 3.12. The van der Waals surface area contributed by atoms with Crippen LogP contribution in [0.3, 0.4) is 0 Å². The van der Waals surface area contributed by atoms with Gasteiger partial charge in [0.05, 0.1) is 35.1 Å². The smallest absolute Gasteiger partial charge is 0.268 e. The van der Waals surface area contributed by atoms with Crippen LogP contribution in [0.5, 0.6) is 5.75 Å². The van der Waals surface area contributed by atoms with Crippen LogP contribution in [0.15, 0.2) is 42.5 Å². The number of benzene rings is 2. The van der Waals surface area contributed by atoms with Crippen LogP contribution in [0.25, 0.3) is 10.9 Å². The number of carbonyl (C=O) groups excluding carboxylic acids is 2. The van der Waals surface area contributed by atoms with Crippen molar-refractivity contribution >= 4 is 28.4 Å². The third-order valence-electron chi connectivity index (χ3n) is 4.29. The van der Waals surface area contributed by atoms with Gasteiger partial charge in [0.1, 0.15) is 11.6 Å². The largest absolute Gasteiger partial charge is 0.497 e. The topological polar surface area (TPSA) is 59.5 Å². The zero-order valence-corrected chi connectivity index (χ0v) is 13.5. The Morgan fingerprint density at radius 2 is 1.68 bits per heavy atom. The molecule has 0 N–H and O–H groups in total. The van der Waals surface area contributed by atoms with Gasteiger partial charge in [-0.1, -0.05) is 0 Å². The minimum Gasteiger partial charge on any atom is -0.497 e. The molecular formula is C19H13FN2O3. The first-order chi connectivity index (χ1) is 12.0. The van der Waals surface area contributed by atoms with E-state index in [0.29, 0.717) is 28.0 Å². The van der Waals surface area contributed by atoms with Crippen molar-refractivity contribution in [1.82, 2.24) is 4.98 Å². The van der Waals surface area contributed by atoms with E-state index in [1.807, 2.05) is 0 Å². The summed E-state index contributed by atoms with van der Waals surface area (Å²) >= 11 is 0. The number of amides is 2. The van der Waals surface area contributed by atoms with Gasteiger partial charge >= 0.3 is 0 Å². The van der Waals surface area contributed by atoms with Crippen LogP contribution in [0.4, 0.5) is 10.1 Å².